The highest BCUT2D eigenvalue weighted by Gasteiger charge is 2.11. The number of anilines is 1. The normalized spacial score (nSPS) is 10.6. The van der Waals surface area contributed by atoms with Crippen LogP contribution in [-0.2, 0) is 0 Å². The fourth-order valence-corrected chi connectivity index (χ4v) is 2.36. The summed E-state index contributed by atoms with van der Waals surface area (Å²) in [6.07, 6.45) is 0. The Morgan fingerprint density at radius 1 is 1.09 bits per heavy atom. The van der Waals surface area contributed by atoms with Gasteiger partial charge in [-0.05, 0) is 37.3 Å². The van der Waals surface area contributed by atoms with Crippen LogP contribution in [-0.4, -0.2) is 30.1 Å². The first kappa shape index (κ1) is 14.9. The van der Waals surface area contributed by atoms with E-state index in [0.717, 1.165) is 16.9 Å². The van der Waals surface area contributed by atoms with E-state index in [1.54, 1.807) is 32.4 Å². The number of aromatic nitrogens is 2. The van der Waals surface area contributed by atoms with Gasteiger partial charge in [0.1, 0.15) is 17.3 Å². The number of nitrogens with one attached hydrogen (secondary N) is 2. The Balaban J connectivity index is 1.87. The van der Waals surface area contributed by atoms with E-state index < -0.39 is 0 Å². The Kier molecular flexibility index (Phi) is 3.89. The number of benzene rings is 2. The van der Waals surface area contributed by atoms with Crippen LogP contribution in [0.15, 0.2) is 36.4 Å². The molecule has 0 aliphatic rings. The van der Waals surface area contributed by atoms with Crippen LogP contribution in [0.4, 0.5) is 5.69 Å². The summed E-state index contributed by atoms with van der Waals surface area (Å²) in [6.45, 7) is 1.89. The molecule has 2 N–H and O–H groups in total. The van der Waals surface area contributed by atoms with Gasteiger partial charge >= 0.3 is 0 Å². The first-order chi connectivity index (χ1) is 11.1. The summed E-state index contributed by atoms with van der Waals surface area (Å²) in [4.78, 5) is 19.9. The number of aryl methyl sites for hydroxylation is 1. The predicted octanol–water partition coefficient (Wildman–Crippen LogP) is 3.14. The lowest BCUT2D eigenvalue weighted by atomic mass is 10.1. The summed E-state index contributed by atoms with van der Waals surface area (Å²) < 4.78 is 10.4. The molecule has 0 atom stereocenters. The SMILES string of the molecule is COc1cc(OC)cc(C(=O)Nc2ccc3nc(C)[nH]c3c2)c1. The number of aromatic amines is 1. The van der Waals surface area contributed by atoms with Crippen molar-refractivity contribution in [2.24, 2.45) is 0 Å². The minimum Gasteiger partial charge on any atom is -0.497 e. The van der Waals surface area contributed by atoms with E-state index in [9.17, 15) is 4.79 Å². The van der Waals surface area contributed by atoms with E-state index in [2.05, 4.69) is 15.3 Å². The molecule has 0 aliphatic heterocycles. The van der Waals surface area contributed by atoms with Crippen molar-refractivity contribution in [1.29, 1.82) is 0 Å². The molecule has 0 fully saturated rings. The van der Waals surface area contributed by atoms with Crippen molar-refractivity contribution in [3.05, 3.63) is 47.8 Å². The first-order valence-corrected chi connectivity index (χ1v) is 7.10. The summed E-state index contributed by atoms with van der Waals surface area (Å²) in [6, 6.07) is 10.6. The zero-order chi connectivity index (χ0) is 16.4. The van der Waals surface area contributed by atoms with Crippen LogP contribution in [0.1, 0.15) is 16.2 Å². The van der Waals surface area contributed by atoms with Crippen molar-refractivity contribution in [2.45, 2.75) is 6.92 Å². The smallest absolute Gasteiger partial charge is 0.255 e. The number of hydrogen-bond acceptors (Lipinski definition) is 4. The Morgan fingerprint density at radius 3 is 2.43 bits per heavy atom. The molecule has 3 aromatic rings. The quantitative estimate of drug-likeness (QED) is 0.776. The lowest BCUT2D eigenvalue weighted by Gasteiger charge is -2.09. The molecule has 0 aliphatic carbocycles. The van der Waals surface area contributed by atoms with Crippen molar-refractivity contribution in [1.82, 2.24) is 9.97 Å². The molecule has 1 amide bonds. The highest BCUT2D eigenvalue weighted by molar-refractivity contribution is 6.05. The van der Waals surface area contributed by atoms with Gasteiger partial charge in [0.05, 0.1) is 25.3 Å². The molecule has 23 heavy (non-hydrogen) atoms. The van der Waals surface area contributed by atoms with Crippen LogP contribution in [0.3, 0.4) is 0 Å². The van der Waals surface area contributed by atoms with E-state index in [4.69, 9.17) is 9.47 Å². The van der Waals surface area contributed by atoms with Crippen LogP contribution < -0.4 is 14.8 Å². The molecule has 3 rings (SSSR count). The largest absolute Gasteiger partial charge is 0.497 e. The molecule has 0 bridgehead atoms. The maximum Gasteiger partial charge on any atom is 0.255 e. The average molecular weight is 311 g/mol. The van der Waals surface area contributed by atoms with Gasteiger partial charge in [0.2, 0.25) is 0 Å². The second kappa shape index (κ2) is 6.00. The zero-order valence-corrected chi connectivity index (χ0v) is 13.1. The van der Waals surface area contributed by atoms with E-state index in [1.807, 2.05) is 25.1 Å². The molecular weight excluding hydrogens is 294 g/mol. The summed E-state index contributed by atoms with van der Waals surface area (Å²) in [7, 11) is 3.09. The molecule has 2 aromatic carbocycles. The lowest BCUT2D eigenvalue weighted by Crippen LogP contribution is -2.12. The van der Waals surface area contributed by atoms with Crippen molar-refractivity contribution < 1.29 is 14.3 Å². The minimum absolute atomic E-state index is 0.238. The van der Waals surface area contributed by atoms with Crippen LogP contribution in [0, 0.1) is 6.92 Å². The van der Waals surface area contributed by atoms with Crippen LogP contribution >= 0.6 is 0 Å². The Morgan fingerprint density at radius 2 is 1.78 bits per heavy atom. The van der Waals surface area contributed by atoms with Gasteiger partial charge in [-0.3, -0.25) is 4.79 Å². The number of carbonyl (C=O) groups excluding carboxylic acids is 1. The number of ether oxygens (including phenoxy) is 2. The maximum atomic E-state index is 12.4. The monoisotopic (exact) mass is 311 g/mol. The molecule has 0 saturated heterocycles. The van der Waals surface area contributed by atoms with Gasteiger partial charge in [-0.25, -0.2) is 4.98 Å². The average Bonchev–Trinajstić information content (AvgIpc) is 2.93. The molecule has 1 heterocycles. The predicted molar refractivity (Wildman–Crippen MR) is 88.3 cm³/mol. The first-order valence-electron chi connectivity index (χ1n) is 7.10. The van der Waals surface area contributed by atoms with Gasteiger partial charge < -0.3 is 19.8 Å². The van der Waals surface area contributed by atoms with Gasteiger partial charge in [0.25, 0.3) is 5.91 Å². The lowest BCUT2D eigenvalue weighted by molar-refractivity contribution is 0.102. The molecule has 0 radical (unpaired) electrons. The number of carbonyl (C=O) groups is 1. The van der Waals surface area contributed by atoms with Gasteiger partial charge in [-0.15, -0.1) is 0 Å². The van der Waals surface area contributed by atoms with Gasteiger partial charge in [0, 0.05) is 17.3 Å². The number of hydrogen-bond donors (Lipinski definition) is 2. The number of amides is 1. The number of methoxy groups -OCH3 is 2. The van der Waals surface area contributed by atoms with E-state index in [-0.39, 0.29) is 5.91 Å². The number of H-pyrrole nitrogens is 1. The van der Waals surface area contributed by atoms with E-state index in [0.29, 0.717) is 22.7 Å². The van der Waals surface area contributed by atoms with Crippen molar-refractivity contribution in [3.63, 3.8) is 0 Å². The van der Waals surface area contributed by atoms with Gasteiger partial charge in [-0.2, -0.15) is 0 Å². The molecule has 0 saturated carbocycles. The van der Waals surface area contributed by atoms with E-state index in [1.165, 1.54) is 0 Å². The third kappa shape index (κ3) is 3.11. The fraction of sp³-hybridized carbons (Fsp3) is 0.176. The number of fused-ring (bicyclic) bond motifs is 1. The highest BCUT2D eigenvalue weighted by Crippen LogP contribution is 2.24. The summed E-state index contributed by atoms with van der Waals surface area (Å²) >= 11 is 0. The second-order valence-electron chi connectivity index (χ2n) is 5.11. The number of nitrogens with zero attached hydrogens (tertiary/aromatic N) is 1. The molecule has 6 nitrogen and oxygen atoms in total. The van der Waals surface area contributed by atoms with Gasteiger partial charge in [0.15, 0.2) is 0 Å². The third-order valence-corrected chi connectivity index (χ3v) is 3.47. The van der Waals surface area contributed by atoms with E-state index >= 15 is 0 Å². The van der Waals surface area contributed by atoms with Crippen molar-refractivity contribution >= 4 is 22.6 Å². The fourth-order valence-electron chi connectivity index (χ4n) is 2.36. The Labute approximate surface area is 133 Å². The molecule has 1 aromatic heterocycles. The van der Waals surface area contributed by atoms with Gasteiger partial charge in [-0.1, -0.05) is 0 Å². The zero-order valence-electron chi connectivity index (χ0n) is 13.1. The standard InChI is InChI=1S/C17H17N3O3/c1-10-18-15-5-4-12(8-16(15)19-10)20-17(21)11-6-13(22-2)9-14(7-11)23-3/h4-9H,1-3H3,(H,18,19)(H,20,21). The van der Waals surface area contributed by atoms with Crippen molar-refractivity contribution in [3.8, 4) is 11.5 Å². The Bertz CT molecular complexity index is 848. The molecule has 0 unspecified atom stereocenters. The van der Waals surface area contributed by atoms with Crippen LogP contribution in [0.2, 0.25) is 0 Å². The number of imidazole rings is 1. The van der Waals surface area contributed by atoms with Crippen LogP contribution in [0.25, 0.3) is 11.0 Å². The molecule has 0 spiro atoms. The van der Waals surface area contributed by atoms with Crippen LogP contribution in [0.5, 0.6) is 11.5 Å². The number of rotatable bonds is 4. The molecular formula is C17H17N3O3. The Hall–Kier alpha value is -3.02. The summed E-state index contributed by atoms with van der Waals surface area (Å²) in [5.41, 5.74) is 2.89. The molecule has 6 heteroatoms. The maximum absolute atomic E-state index is 12.4. The highest BCUT2D eigenvalue weighted by atomic mass is 16.5. The summed E-state index contributed by atoms with van der Waals surface area (Å²) in [5, 5.41) is 2.86. The van der Waals surface area contributed by atoms with Crippen molar-refractivity contribution in [2.75, 3.05) is 19.5 Å². The topological polar surface area (TPSA) is 76.2 Å². The second-order valence-corrected chi connectivity index (χ2v) is 5.11. The summed E-state index contributed by atoms with van der Waals surface area (Å²) in [5.74, 6) is 1.72. The third-order valence-electron chi connectivity index (χ3n) is 3.47. The minimum atomic E-state index is -0.238. The molecule has 118 valence electrons.